The Labute approximate surface area is 158 Å². The van der Waals surface area contributed by atoms with Gasteiger partial charge in [0.1, 0.15) is 0 Å². The molecule has 1 aliphatic rings. The van der Waals surface area contributed by atoms with Crippen LogP contribution in [0.2, 0.25) is 0 Å². The second-order valence-electron chi connectivity index (χ2n) is 6.44. The number of hydrogen-bond donors (Lipinski definition) is 1. The summed E-state index contributed by atoms with van der Waals surface area (Å²) < 4.78 is 1.05. The predicted octanol–water partition coefficient (Wildman–Crippen LogP) is 3.45. The zero-order valence-electron chi connectivity index (χ0n) is 14.5. The summed E-state index contributed by atoms with van der Waals surface area (Å²) in [4.78, 5) is 16.9. The molecule has 2 aromatic rings. The van der Waals surface area contributed by atoms with E-state index in [1.54, 1.807) is 0 Å². The van der Waals surface area contributed by atoms with Gasteiger partial charge in [0.05, 0.1) is 12.6 Å². The normalized spacial score (nSPS) is 16.5. The molecule has 1 N–H and O–H groups in total. The van der Waals surface area contributed by atoms with Crippen LogP contribution in [-0.4, -0.2) is 43.5 Å². The number of amides is 1. The van der Waals surface area contributed by atoms with Crippen LogP contribution in [0.15, 0.2) is 59.1 Å². The van der Waals surface area contributed by atoms with Crippen LogP contribution in [0.4, 0.5) is 5.69 Å². The molecule has 132 valence electrons. The molecule has 1 fully saturated rings. The number of halogens is 1. The number of nitrogens with one attached hydrogen (secondary N) is 1. The van der Waals surface area contributed by atoms with Crippen molar-refractivity contribution in [3.63, 3.8) is 0 Å². The van der Waals surface area contributed by atoms with E-state index in [2.05, 4.69) is 55.3 Å². The Hall–Kier alpha value is -1.85. The molecule has 3 rings (SSSR count). The molecular weight excluding hydrogens is 378 g/mol. The average molecular weight is 402 g/mol. The highest BCUT2D eigenvalue weighted by atomic mass is 79.9. The van der Waals surface area contributed by atoms with Gasteiger partial charge in [-0.1, -0.05) is 46.3 Å². The number of benzene rings is 2. The summed E-state index contributed by atoms with van der Waals surface area (Å²) in [5, 5.41) is 3.10. The molecule has 2 aromatic carbocycles. The van der Waals surface area contributed by atoms with Gasteiger partial charge in [0, 0.05) is 36.3 Å². The fraction of sp³-hybridized carbons (Fsp3) is 0.350. The fourth-order valence-electron chi connectivity index (χ4n) is 3.13. The van der Waals surface area contributed by atoms with E-state index >= 15 is 0 Å². The van der Waals surface area contributed by atoms with Gasteiger partial charge in [-0.15, -0.1) is 0 Å². The molecule has 5 heteroatoms. The van der Waals surface area contributed by atoms with E-state index in [4.69, 9.17) is 0 Å². The van der Waals surface area contributed by atoms with E-state index in [0.717, 1.165) is 36.2 Å². The summed E-state index contributed by atoms with van der Waals surface area (Å²) in [6.07, 6.45) is 0. The smallest absolute Gasteiger partial charge is 0.234 e. The number of hydrogen-bond acceptors (Lipinski definition) is 3. The summed E-state index contributed by atoms with van der Waals surface area (Å²) in [5.41, 5.74) is 2.38. The lowest BCUT2D eigenvalue weighted by Gasteiger charge is -2.35. The van der Waals surface area contributed by atoms with Gasteiger partial charge in [0.2, 0.25) is 5.91 Å². The topological polar surface area (TPSA) is 35.6 Å². The van der Waals surface area contributed by atoms with Crippen molar-refractivity contribution in [2.45, 2.75) is 13.0 Å². The molecule has 25 heavy (non-hydrogen) atoms. The number of nitrogens with zero attached hydrogens (tertiary/aromatic N) is 2. The molecule has 1 atom stereocenters. The monoisotopic (exact) mass is 401 g/mol. The first-order valence-corrected chi connectivity index (χ1v) is 9.48. The van der Waals surface area contributed by atoms with Gasteiger partial charge in [-0.3, -0.25) is 9.69 Å². The van der Waals surface area contributed by atoms with Crippen molar-refractivity contribution < 1.29 is 4.79 Å². The minimum atomic E-state index is 0.0196. The second-order valence-corrected chi connectivity index (χ2v) is 7.36. The number of carbonyl (C=O) groups excluding carboxylic acids is 1. The summed E-state index contributed by atoms with van der Waals surface area (Å²) in [6, 6.07) is 18.5. The van der Waals surface area contributed by atoms with Gasteiger partial charge in [-0.05, 0) is 36.8 Å². The summed E-state index contributed by atoms with van der Waals surface area (Å²) in [5.74, 6) is 0.0866. The van der Waals surface area contributed by atoms with Crippen molar-refractivity contribution in [3.05, 3.63) is 64.6 Å². The van der Waals surface area contributed by atoms with Crippen LogP contribution < -0.4 is 10.2 Å². The van der Waals surface area contributed by atoms with Gasteiger partial charge in [0.25, 0.3) is 0 Å². The van der Waals surface area contributed by atoms with Crippen molar-refractivity contribution in [3.8, 4) is 0 Å². The molecule has 1 aliphatic heterocycles. The lowest BCUT2D eigenvalue weighted by atomic mass is 10.1. The van der Waals surface area contributed by atoms with Crippen LogP contribution in [0.1, 0.15) is 18.5 Å². The van der Waals surface area contributed by atoms with Gasteiger partial charge in [-0.2, -0.15) is 0 Å². The van der Waals surface area contributed by atoms with Crippen LogP contribution in [0.3, 0.4) is 0 Å². The third-order valence-electron chi connectivity index (χ3n) is 4.61. The number of piperazine rings is 1. The molecule has 1 amide bonds. The van der Waals surface area contributed by atoms with E-state index in [1.807, 2.05) is 37.3 Å². The van der Waals surface area contributed by atoms with Gasteiger partial charge in [0.15, 0.2) is 0 Å². The molecule has 4 nitrogen and oxygen atoms in total. The molecule has 0 aliphatic carbocycles. The van der Waals surface area contributed by atoms with Crippen molar-refractivity contribution in [1.82, 2.24) is 10.2 Å². The lowest BCUT2D eigenvalue weighted by molar-refractivity contribution is -0.123. The minimum absolute atomic E-state index is 0.0196. The highest BCUT2D eigenvalue weighted by Gasteiger charge is 2.20. The molecular formula is C20H24BrN3O. The van der Waals surface area contributed by atoms with Crippen LogP contribution >= 0.6 is 15.9 Å². The Kier molecular flexibility index (Phi) is 6.10. The molecule has 1 heterocycles. The fourth-order valence-corrected chi connectivity index (χ4v) is 3.39. The summed E-state index contributed by atoms with van der Waals surface area (Å²) >= 11 is 3.43. The maximum atomic E-state index is 12.3. The Morgan fingerprint density at radius 3 is 2.32 bits per heavy atom. The van der Waals surface area contributed by atoms with Crippen molar-refractivity contribution in [2.75, 3.05) is 37.6 Å². The third-order valence-corrected chi connectivity index (χ3v) is 5.14. The number of para-hydroxylation sites is 1. The molecule has 1 saturated heterocycles. The van der Waals surface area contributed by atoms with Crippen LogP contribution in [0.5, 0.6) is 0 Å². The van der Waals surface area contributed by atoms with Crippen LogP contribution in [0.25, 0.3) is 0 Å². The Balaban J connectivity index is 1.45. The molecule has 0 spiro atoms. The standard InChI is InChI=1S/C20H24BrN3O/c1-16(17-7-9-18(21)10-8-17)22-20(25)15-23-11-13-24(14-12-23)19-5-3-2-4-6-19/h2-10,16H,11-15H2,1H3,(H,22,25)/t16-/m1/s1. The van der Waals surface area contributed by atoms with E-state index in [0.29, 0.717) is 6.54 Å². The minimum Gasteiger partial charge on any atom is -0.369 e. The lowest BCUT2D eigenvalue weighted by Crippen LogP contribution is -2.49. The molecule has 0 aromatic heterocycles. The summed E-state index contributed by atoms with van der Waals surface area (Å²) in [6.45, 7) is 6.22. The SMILES string of the molecule is C[C@@H](NC(=O)CN1CCN(c2ccccc2)CC1)c1ccc(Br)cc1. The maximum Gasteiger partial charge on any atom is 0.234 e. The molecule has 0 bridgehead atoms. The predicted molar refractivity (Wildman–Crippen MR) is 106 cm³/mol. The maximum absolute atomic E-state index is 12.3. The first-order valence-electron chi connectivity index (χ1n) is 8.69. The molecule has 0 unspecified atom stereocenters. The average Bonchev–Trinajstić information content (AvgIpc) is 2.63. The highest BCUT2D eigenvalue weighted by molar-refractivity contribution is 9.10. The Morgan fingerprint density at radius 2 is 1.68 bits per heavy atom. The third kappa shape index (κ3) is 5.06. The van der Waals surface area contributed by atoms with E-state index in [1.165, 1.54) is 5.69 Å². The van der Waals surface area contributed by atoms with Crippen molar-refractivity contribution in [1.29, 1.82) is 0 Å². The quantitative estimate of drug-likeness (QED) is 0.832. The van der Waals surface area contributed by atoms with Crippen LogP contribution in [-0.2, 0) is 4.79 Å². The van der Waals surface area contributed by atoms with E-state index in [-0.39, 0.29) is 11.9 Å². The van der Waals surface area contributed by atoms with E-state index < -0.39 is 0 Å². The van der Waals surface area contributed by atoms with Gasteiger partial charge >= 0.3 is 0 Å². The van der Waals surface area contributed by atoms with Gasteiger partial charge < -0.3 is 10.2 Å². The first-order chi connectivity index (χ1) is 12.1. The van der Waals surface area contributed by atoms with Gasteiger partial charge in [-0.25, -0.2) is 0 Å². The zero-order chi connectivity index (χ0) is 17.6. The number of anilines is 1. The Bertz CT molecular complexity index is 682. The van der Waals surface area contributed by atoms with Crippen molar-refractivity contribution >= 4 is 27.5 Å². The summed E-state index contributed by atoms with van der Waals surface area (Å²) in [7, 11) is 0. The van der Waals surface area contributed by atoms with E-state index in [9.17, 15) is 4.79 Å². The largest absolute Gasteiger partial charge is 0.369 e. The zero-order valence-corrected chi connectivity index (χ0v) is 16.1. The molecule has 0 radical (unpaired) electrons. The number of carbonyl (C=O) groups is 1. The highest BCUT2D eigenvalue weighted by Crippen LogP contribution is 2.17. The Morgan fingerprint density at radius 1 is 1.04 bits per heavy atom. The van der Waals surface area contributed by atoms with Crippen molar-refractivity contribution in [2.24, 2.45) is 0 Å². The first kappa shape index (κ1) is 18.0. The van der Waals surface area contributed by atoms with Crippen LogP contribution in [0, 0.1) is 0 Å². The number of rotatable bonds is 5. The molecule has 0 saturated carbocycles. The second kappa shape index (κ2) is 8.50.